The Morgan fingerprint density at radius 1 is 1.39 bits per heavy atom. The summed E-state index contributed by atoms with van der Waals surface area (Å²) in [6.07, 6.45) is 0.269. The highest BCUT2D eigenvalue weighted by Gasteiger charge is 2.05. The van der Waals surface area contributed by atoms with E-state index in [1.165, 1.54) is 6.07 Å². The highest BCUT2D eigenvalue weighted by atomic mass is 79.9. The molecular formula is C12H17BrClFN2O. The molecule has 0 saturated heterocycles. The molecule has 0 bridgehead atoms. The molecule has 102 valence electrons. The predicted molar refractivity (Wildman–Crippen MR) is 76.6 cm³/mol. The molecule has 0 aliphatic heterocycles. The van der Waals surface area contributed by atoms with Crippen molar-refractivity contribution in [3.8, 4) is 0 Å². The van der Waals surface area contributed by atoms with Gasteiger partial charge in [0.25, 0.3) is 0 Å². The highest BCUT2D eigenvalue weighted by molar-refractivity contribution is 9.10. The Hall–Kier alpha value is -0.650. The van der Waals surface area contributed by atoms with Gasteiger partial charge in [0.15, 0.2) is 0 Å². The van der Waals surface area contributed by atoms with Crippen LogP contribution < -0.4 is 10.6 Å². The van der Waals surface area contributed by atoms with Crippen molar-refractivity contribution >= 4 is 34.2 Å². The molecule has 0 aliphatic carbocycles. The summed E-state index contributed by atoms with van der Waals surface area (Å²) in [5, 5.41) is 5.90. The van der Waals surface area contributed by atoms with Crippen LogP contribution in [0.1, 0.15) is 12.5 Å². The van der Waals surface area contributed by atoms with Crippen molar-refractivity contribution in [1.82, 2.24) is 10.6 Å². The number of benzene rings is 1. The topological polar surface area (TPSA) is 41.1 Å². The Morgan fingerprint density at radius 2 is 2.11 bits per heavy atom. The first kappa shape index (κ1) is 17.4. The van der Waals surface area contributed by atoms with Gasteiger partial charge in [-0.15, -0.1) is 12.4 Å². The van der Waals surface area contributed by atoms with E-state index in [0.717, 1.165) is 18.7 Å². The van der Waals surface area contributed by atoms with Crippen molar-refractivity contribution in [2.75, 3.05) is 19.6 Å². The molecule has 0 aromatic heterocycles. The molecule has 0 fully saturated rings. The molecule has 1 amide bonds. The molecule has 0 radical (unpaired) electrons. The first-order chi connectivity index (χ1) is 8.13. The zero-order chi connectivity index (χ0) is 12.7. The van der Waals surface area contributed by atoms with Crippen LogP contribution in [0, 0.1) is 5.82 Å². The normalized spacial score (nSPS) is 9.72. The SMILES string of the molecule is CCNCCNC(=O)Cc1ccc(F)c(Br)c1.Cl. The quantitative estimate of drug-likeness (QED) is 0.781. The molecule has 1 rings (SSSR count). The summed E-state index contributed by atoms with van der Waals surface area (Å²) in [5.74, 6) is -0.372. The fourth-order valence-corrected chi connectivity index (χ4v) is 1.79. The van der Waals surface area contributed by atoms with E-state index < -0.39 is 0 Å². The van der Waals surface area contributed by atoms with Crippen LogP contribution in [0.15, 0.2) is 22.7 Å². The molecule has 1 aromatic rings. The summed E-state index contributed by atoms with van der Waals surface area (Å²) in [7, 11) is 0. The molecule has 0 atom stereocenters. The van der Waals surface area contributed by atoms with Gasteiger partial charge in [0.2, 0.25) is 5.91 Å². The average Bonchev–Trinajstić information content (AvgIpc) is 2.30. The minimum atomic E-state index is -0.318. The summed E-state index contributed by atoms with van der Waals surface area (Å²) in [6, 6.07) is 4.59. The van der Waals surface area contributed by atoms with Gasteiger partial charge in [-0.25, -0.2) is 4.39 Å². The average molecular weight is 340 g/mol. The van der Waals surface area contributed by atoms with Gasteiger partial charge in [-0.05, 0) is 40.2 Å². The maximum absolute atomic E-state index is 13.0. The van der Waals surface area contributed by atoms with E-state index in [1.54, 1.807) is 12.1 Å². The third-order valence-corrected chi connectivity index (χ3v) is 2.83. The number of rotatable bonds is 6. The van der Waals surface area contributed by atoms with Gasteiger partial charge in [-0.2, -0.15) is 0 Å². The van der Waals surface area contributed by atoms with E-state index in [0.29, 0.717) is 11.0 Å². The maximum atomic E-state index is 13.0. The fourth-order valence-electron chi connectivity index (χ4n) is 1.36. The first-order valence-corrected chi connectivity index (χ1v) is 6.34. The molecule has 0 saturated carbocycles. The van der Waals surface area contributed by atoms with Crippen LogP contribution in [-0.4, -0.2) is 25.5 Å². The second-order valence-corrected chi connectivity index (χ2v) is 4.48. The van der Waals surface area contributed by atoms with Gasteiger partial charge in [0, 0.05) is 13.1 Å². The summed E-state index contributed by atoms with van der Waals surface area (Å²) in [4.78, 5) is 11.5. The number of nitrogens with one attached hydrogen (secondary N) is 2. The van der Waals surface area contributed by atoms with Gasteiger partial charge in [0.1, 0.15) is 5.82 Å². The molecule has 1 aromatic carbocycles. The smallest absolute Gasteiger partial charge is 0.224 e. The Morgan fingerprint density at radius 3 is 2.72 bits per heavy atom. The number of hydrogen-bond acceptors (Lipinski definition) is 2. The molecule has 0 heterocycles. The van der Waals surface area contributed by atoms with E-state index in [-0.39, 0.29) is 30.6 Å². The van der Waals surface area contributed by atoms with E-state index in [9.17, 15) is 9.18 Å². The number of carbonyl (C=O) groups excluding carboxylic acids is 1. The van der Waals surface area contributed by atoms with Gasteiger partial charge in [-0.1, -0.05) is 13.0 Å². The number of halogens is 3. The van der Waals surface area contributed by atoms with E-state index >= 15 is 0 Å². The second kappa shape index (κ2) is 9.30. The van der Waals surface area contributed by atoms with Crippen LogP contribution in [0.25, 0.3) is 0 Å². The Labute approximate surface area is 121 Å². The molecule has 6 heteroatoms. The van der Waals surface area contributed by atoms with Gasteiger partial charge in [0.05, 0.1) is 10.9 Å². The molecule has 2 N–H and O–H groups in total. The summed E-state index contributed by atoms with van der Waals surface area (Å²) >= 11 is 3.09. The fraction of sp³-hybridized carbons (Fsp3) is 0.417. The Balaban J connectivity index is 0.00000289. The first-order valence-electron chi connectivity index (χ1n) is 5.54. The standard InChI is InChI=1S/C12H16BrFN2O.ClH/c1-2-15-5-6-16-12(17)8-9-3-4-11(14)10(13)7-9;/h3-4,7,15H,2,5-6,8H2,1H3,(H,16,17);1H. The summed E-state index contributed by atoms with van der Waals surface area (Å²) in [6.45, 7) is 4.27. The van der Waals surface area contributed by atoms with Gasteiger partial charge < -0.3 is 10.6 Å². The van der Waals surface area contributed by atoms with Crippen LogP contribution in [0.3, 0.4) is 0 Å². The number of amides is 1. The van der Waals surface area contributed by atoms with Crippen molar-refractivity contribution in [1.29, 1.82) is 0 Å². The number of carbonyl (C=O) groups is 1. The van der Waals surface area contributed by atoms with Gasteiger partial charge in [-0.3, -0.25) is 4.79 Å². The molecule has 18 heavy (non-hydrogen) atoms. The van der Waals surface area contributed by atoms with Crippen LogP contribution in [0.5, 0.6) is 0 Å². The minimum absolute atomic E-state index is 0. The lowest BCUT2D eigenvalue weighted by atomic mass is 10.1. The lowest BCUT2D eigenvalue weighted by molar-refractivity contribution is -0.120. The van der Waals surface area contributed by atoms with E-state index in [4.69, 9.17) is 0 Å². The molecular weight excluding hydrogens is 322 g/mol. The maximum Gasteiger partial charge on any atom is 0.224 e. The van der Waals surface area contributed by atoms with Crippen molar-refractivity contribution < 1.29 is 9.18 Å². The van der Waals surface area contributed by atoms with Crippen molar-refractivity contribution in [3.05, 3.63) is 34.1 Å². The second-order valence-electron chi connectivity index (χ2n) is 3.63. The van der Waals surface area contributed by atoms with Crippen LogP contribution in [0.2, 0.25) is 0 Å². The monoisotopic (exact) mass is 338 g/mol. The van der Waals surface area contributed by atoms with Crippen LogP contribution in [0.4, 0.5) is 4.39 Å². The minimum Gasteiger partial charge on any atom is -0.355 e. The third kappa shape index (κ3) is 6.33. The third-order valence-electron chi connectivity index (χ3n) is 2.22. The summed E-state index contributed by atoms with van der Waals surface area (Å²) < 4.78 is 13.4. The molecule has 0 spiro atoms. The molecule has 3 nitrogen and oxygen atoms in total. The summed E-state index contributed by atoms with van der Waals surface area (Å²) in [5.41, 5.74) is 0.791. The lowest BCUT2D eigenvalue weighted by Crippen LogP contribution is -2.32. The number of likely N-dealkylation sites (N-methyl/N-ethyl adjacent to an activating group) is 1. The molecule has 0 aliphatic rings. The highest BCUT2D eigenvalue weighted by Crippen LogP contribution is 2.16. The zero-order valence-electron chi connectivity index (χ0n) is 10.1. The zero-order valence-corrected chi connectivity index (χ0v) is 12.5. The van der Waals surface area contributed by atoms with Gasteiger partial charge >= 0.3 is 0 Å². The van der Waals surface area contributed by atoms with Crippen LogP contribution >= 0.6 is 28.3 Å². The lowest BCUT2D eigenvalue weighted by Gasteiger charge is -2.06. The van der Waals surface area contributed by atoms with Crippen molar-refractivity contribution in [3.63, 3.8) is 0 Å². The Bertz CT molecular complexity index is 390. The molecule has 0 unspecified atom stereocenters. The van der Waals surface area contributed by atoms with Crippen LogP contribution in [-0.2, 0) is 11.2 Å². The van der Waals surface area contributed by atoms with E-state index in [1.807, 2.05) is 6.92 Å². The predicted octanol–water partition coefficient (Wildman–Crippen LogP) is 2.28. The van der Waals surface area contributed by atoms with Crippen molar-refractivity contribution in [2.45, 2.75) is 13.3 Å². The largest absolute Gasteiger partial charge is 0.355 e. The van der Waals surface area contributed by atoms with Crippen molar-refractivity contribution in [2.24, 2.45) is 0 Å². The Kier molecular flexibility index (Phi) is 8.97. The van der Waals surface area contributed by atoms with E-state index in [2.05, 4.69) is 26.6 Å². The number of hydrogen-bond donors (Lipinski definition) is 2.